The van der Waals surface area contributed by atoms with E-state index in [9.17, 15) is 24.0 Å². The van der Waals surface area contributed by atoms with E-state index in [4.69, 9.17) is 9.79 Å². The van der Waals surface area contributed by atoms with Crippen LogP contribution in [0.5, 0.6) is 0 Å². The largest absolute Gasteiger partial charge is 1.00 e. The molecule has 0 aliphatic carbocycles. The van der Waals surface area contributed by atoms with Crippen LogP contribution in [-0.2, 0) is 9.13 Å². The van der Waals surface area contributed by atoms with Crippen molar-refractivity contribution in [1.82, 2.24) is 0 Å². The van der Waals surface area contributed by atoms with Gasteiger partial charge in [-0.05, 0) is 30.3 Å². The molecule has 1 heterocycles. The van der Waals surface area contributed by atoms with E-state index >= 15 is 0 Å². The normalized spacial score (nSPS) is 29.1. The molecule has 1 aliphatic heterocycles. The third-order valence-corrected chi connectivity index (χ3v) is 7.41. The van der Waals surface area contributed by atoms with Crippen molar-refractivity contribution in [3.8, 4) is 0 Å². The van der Waals surface area contributed by atoms with Gasteiger partial charge in [-0.1, -0.05) is 0 Å². The maximum absolute atomic E-state index is 10.9. The van der Waals surface area contributed by atoms with E-state index in [0.717, 1.165) is 5.75 Å². The van der Waals surface area contributed by atoms with Gasteiger partial charge in [0.05, 0.1) is 0 Å². The van der Waals surface area contributed by atoms with Gasteiger partial charge in [-0.3, -0.25) is 0 Å². The second-order valence-corrected chi connectivity index (χ2v) is 8.81. The van der Waals surface area contributed by atoms with Crippen LogP contribution in [0, 0.1) is 5.92 Å². The molecule has 0 spiro atoms. The fourth-order valence-corrected chi connectivity index (χ4v) is 5.06. The summed E-state index contributed by atoms with van der Waals surface area (Å²) in [5, 5.41) is 6.02. The summed E-state index contributed by atoms with van der Waals surface area (Å²) < 4.78 is 21.8. The van der Waals surface area contributed by atoms with Crippen molar-refractivity contribution in [1.29, 1.82) is 0 Å². The minimum absolute atomic E-state index is 0. The zero-order valence-electron chi connectivity index (χ0n) is 10.2. The van der Waals surface area contributed by atoms with E-state index < -0.39 is 26.7 Å². The predicted molar refractivity (Wildman–Crippen MR) is 54.6 cm³/mol. The standard InChI is InChI=1S/C6H14O7P2S.2Na/c7-6(14(8,9)10,15(11,12)13)3-5-1-2-16-4-5;;/h5,7H,1-4H2,(H2,8,9,10)(H2,11,12,13);;/q;2*+1/p-2. The van der Waals surface area contributed by atoms with E-state index in [1.54, 1.807) is 0 Å². The molecule has 18 heavy (non-hydrogen) atoms. The molecule has 12 heteroatoms. The molecule has 0 bridgehead atoms. The Kier molecular flexibility index (Phi) is 10.5. The van der Waals surface area contributed by atoms with Crippen molar-refractivity contribution in [2.75, 3.05) is 11.5 Å². The van der Waals surface area contributed by atoms with Gasteiger partial charge in [0.15, 0.2) is 20.3 Å². The first-order valence-electron chi connectivity index (χ1n) is 4.46. The minimum atomic E-state index is -5.59. The Morgan fingerprint density at radius 1 is 1.22 bits per heavy atom. The van der Waals surface area contributed by atoms with Crippen LogP contribution in [-0.4, -0.2) is 31.5 Å². The Bertz CT molecular complexity index is 328. The molecule has 0 aromatic heterocycles. The Morgan fingerprint density at radius 3 is 1.94 bits per heavy atom. The molecule has 0 saturated carbocycles. The number of hydrogen-bond donors (Lipinski definition) is 3. The molecule has 1 fully saturated rings. The van der Waals surface area contributed by atoms with Gasteiger partial charge in [0.1, 0.15) is 0 Å². The molecule has 0 aromatic rings. The molecule has 96 valence electrons. The van der Waals surface area contributed by atoms with E-state index in [0.29, 0.717) is 12.2 Å². The zero-order valence-corrected chi connectivity index (χ0v) is 16.8. The minimum Gasteiger partial charge on any atom is -0.776 e. The van der Waals surface area contributed by atoms with Crippen molar-refractivity contribution in [3.05, 3.63) is 0 Å². The van der Waals surface area contributed by atoms with Gasteiger partial charge in [0.25, 0.3) is 0 Å². The second-order valence-electron chi connectivity index (χ2n) is 3.75. The summed E-state index contributed by atoms with van der Waals surface area (Å²) in [6.45, 7) is 0. The van der Waals surface area contributed by atoms with Crippen LogP contribution in [0.25, 0.3) is 0 Å². The van der Waals surface area contributed by atoms with Crippen molar-refractivity contribution in [2.24, 2.45) is 5.92 Å². The molecule has 7 nitrogen and oxygen atoms in total. The summed E-state index contributed by atoms with van der Waals surface area (Å²) in [4.78, 5) is 39.3. The van der Waals surface area contributed by atoms with Crippen molar-refractivity contribution in [2.45, 2.75) is 17.9 Å². The van der Waals surface area contributed by atoms with Crippen LogP contribution in [0.3, 0.4) is 0 Å². The van der Waals surface area contributed by atoms with Gasteiger partial charge in [0.2, 0.25) is 0 Å². The van der Waals surface area contributed by atoms with Gasteiger partial charge in [0, 0.05) is 0 Å². The van der Waals surface area contributed by atoms with Crippen molar-refractivity contribution < 1.29 is 92.9 Å². The van der Waals surface area contributed by atoms with E-state index in [2.05, 4.69) is 0 Å². The Morgan fingerprint density at radius 2 is 1.67 bits per heavy atom. The van der Waals surface area contributed by atoms with E-state index in [-0.39, 0.29) is 65.0 Å². The van der Waals surface area contributed by atoms with Crippen molar-refractivity contribution in [3.63, 3.8) is 0 Å². The second kappa shape index (κ2) is 8.30. The fourth-order valence-electron chi connectivity index (χ4n) is 1.52. The first-order chi connectivity index (χ1) is 7.08. The van der Waals surface area contributed by atoms with Gasteiger partial charge in [-0.2, -0.15) is 11.8 Å². The van der Waals surface area contributed by atoms with Crippen LogP contribution < -0.4 is 68.9 Å². The average Bonchev–Trinajstić information content (AvgIpc) is 2.52. The quantitative estimate of drug-likeness (QED) is 0.340. The summed E-state index contributed by atoms with van der Waals surface area (Å²) in [6.07, 6.45) is -0.165. The van der Waals surface area contributed by atoms with Gasteiger partial charge >= 0.3 is 59.1 Å². The SMILES string of the molecule is O=P([O-])(O)C(O)(CC1CCSC1)P(=O)([O-])O.[Na+].[Na+]. The molecule has 0 radical (unpaired) electrons. The monoisotopic (exact) mass is 336 g/mol. The topological polar surface area (TPSA) is 141 Å². The Labute approximate surface area is 153 Å². The van der Waals surface area contributed by atoms with Crippen LogP contribution in [0.4, 0.5) is 0 Å². The summed E-state index contributed by atoms with van der Waals surface area (Å²) in [5.74, 6) is 0.852. The van der Waals surface area contributed by atoms with Gasteiger partial charge in [-0.25, -0.2) is 0 Å². The van der Waals surface area contributed by atoms with Crippen LogP contribution in [0.15, 0.2) is 0 Å². The summed E-state index contributed by atoms with van der Waals surface area (Å²) in [6, 6.07) is 0. The van der Waals surface area contributed by atoms with E-state index in [1.807, 2.05) is 0 Å². The predicted octanol–water partition coefficient (Wildman–Crippen LogP) is -7.12. The zero-order chi connectivity index (χ0) is 12.6. The number of thioether (sulfide) groups is 1. The smallest absolute Gasteiger partial charge is 0.776 e. The maximum Gasteiger partial charge on any atom is 1.00 e. The molecular formula is C6H12Na2O7P2S. The third-order valence-electron chi connectivity index (χ3n) is 2.49. The molecule has 1 aliphatic rings. The number of hydrogen-bond acceptors (Lipinski definition) is 6. The third kappa shape index (κ3) is 5.43. The van der Waals surface area contributed by atoms with Gasteiger partial charge in [-0.15, -0.1) is 0 Å². The molecular weight excluding hydrogens is 324 g/mol. The summed E-state index contributed by atoms with van der Waals surface area (Å²) >= 11 is 1.49. The number of rotatable bonds is 4. The number of aliphatic hydroxyl groups is 1. The van der Waals surface area contributed by atoms with Crippen molar-refractivity contribution >= 4 is 27.0 Å². The Hall–Kier alpha value is 2.61. The fraction of sp³-hybridized carbons (Fsp3) is 1.00. The first-order valence-corrected chi connectivity index (χ1v) is 8.77. The molecule has 1 rings (SSSR count). The summed E-state index contributed by atoms with van der Waals surface area (Å²) in [5.41, 5.74) is 0. The van der Waals surface area contributed by atoms with Crippen LogP contribution >= 0.6 is 27.0 Å². The molecule has 0 aromatic carbocycles. The molecule has 1 saturated heterocycles. The molecule has 3 N–H and O–H groups in total. The maximum atomic E-state index is 10.9. The Balaban J connectivity index is 0. The van der Waals surface area contributed by atoms with Crippen LogP contribution in [0.1, 0.15) is 12.8 Å². The van der Waals surface area contributed by atoms with Crippen LogP contribution in [0.2, 0.25) is 0 Å². The molecule has 3 unspecified atom stereocenters. The molecule has 0 amide bonds. The van der Waals surface area contributed by atoms with E-state index in [1.165, 1.54) is 11.8 Å². The first kappa shape index (κ1) is 22.9. The summed E-state index contributed by atoms with van der Waals surface area (Å²) in [7, 11) is -11.2. The molecule has 3 atom stereocenters. The average molecular weight is 336 g/mol. The van der Waals surface area contributed by atoms with Gasteiger partial charge < -0.3 is 33.8 Å².